The predicted octanol–water partition coefficient (Wildman–Crippen LogP) is 2.64. The highest BCUT2D eigenvalue weighted by Gasteiger charge is 2.36. The van der Waals surface area contributed by atoms with E-state index >= 15 is 4.39 Å². The maximum atomic E-state index is 15.2. The first-order valence-electron chi connectivity index (χ1n) is 12.6. The summed E-state index contributed by atoms with van der Waals surface area (Å²) in [5.74, 6) is -2.68. The van der Waals surface area contributed by atoms with Crippen LogP contribution in [0, 0.1) is 17.7 Å². The van der Waals surface area contributed by atoms with Crippen LogP contribution in [0.15, 0.2) is 17.1 Å². The molecule has 1 aliphatic carbocycles. The average Bonchev–Trinajstić information content (AvgIpc) is 3.55. The topological polar surface area (TPSA) is 125 Å². The van der Waals surface area contributed by atoms with Crippen LogP contribution in [0.1, 0.15) is 29.2 Å². The number of aromatic nitrogens is 1. The third-order valence-corrected chi connectivity index (χ3v) is 7.35. The third kappa shape index (κ3) is 7.37. The van der Waals surface area contributed by atoms with Crippen molar-refractivity contribution >= 4 is 54.8 Å². The Labute approximate surface area is 246 Å². The Balaban J connectivity index is 0.000000510. The lowest BCUT2D eigenvalue weighted by Gasteiger charge is -2.24. The van der Waals surface area contributed by atoms with Crippen LogP contribution in [0.2, 0.25) is 0 Å². The molecule has 0 bridgehead atoms. The second-order valence-electron chi connectivity index (χ2n) is 10.0. The molecule has 5 rings (SSSR count). The molecule has 0 amide bonds. The molecule has 9 nitrogen and oxygen atoms in total. The van der Waals surface area contributed by atoms with E-state index in [0.717, 1.165) is 38.2 Å². The summed E-state index contributed by atoms with van der Waals surface area (Å²) < 4.78 is 76.2. The summed E-state index contributed by atoms with van der Waals surface area (Å²) in [4.78, 5) is 26.5. The largest absolute Gasteiger partial charge is 0.798 e. The zero-order valence-corrected chi connectivity index (χ0v) is 23.8. The van der Waals surface area contributed by atoms with E-state index in [4.69, 9.17) is 16.2 Å². The molecule has 2 aliphatic heterocycles. The van der Waals surface area contributed by atoms with Crippen molar-refractivity contribution in [1.29, 1.82) is 0 Å². The van der Waals surface area contributed by atoms with Crippen molar-refractivity contribution in [2.75, 3.05) is 51.5 Å². The van der Waals surface area contributed by atoms with Gasteiger partial charge < -0.3 is 35.6 Å². The molecule has 17 heteroatoms. The molecule has 1 saturated carbocycles. The van der Waals surface area contributed by atoms with E-state index in [1.807, 2.05) is 0 Å². The SMILES string of the molecule is COc1c(N2C[C@H](CF)[C@H](N)C2)c(F)cc2c(=O)c(C(=O)OB(F)F)cn(C3CC3)c12.Cl.Cl.N[C@@H]1CNC[C@@H]1CF. The maximum Gasteiger partial charge on any atom is 0.798 e. The molecule has 2 saturated heterocycles. The first-order valence-corrected chi connectivity index (χ1v) is 12.6. The Bertz CT molecular complexity index is 1280. The molecule has 2 aromatic rings. The summed E-state index contributed by atoms with van der Waals surface area (Å²) in [6, 6.07) is 0.372. The molecule has 4 atom stereocenters. The van der Waals surface area contributed by atoms with Gasteiger partial charge >= 0.3 is 13.4 Å². The van der Waals surface area contributed by atoms with Crippen LogP contribution in [-0.2, 0) is 4.65 Å². The smallest absolute Gasteiger partial charge is 0.492 e. The van der Waals surface area contributed by atoms with Gasteiger partial charge in [0.05, 0.1) is 31.4 Å². The molecule has 230 valence electrons. The maximum absolute atomic E-state index is 15.2. The lowest BCUT2D eigenvalue weighted by Crippen LogP contribution is -2.30. The first kappa shape index (κ1) is 34.9. The van der Waals surface area contributed by atoms with Gasteiger partial charge in [0.15, 0.2) is 11.6 Å². The summed E-state index contributed by atoms with van der Waals surface area (Å²) in [7, 11) is -2.09. The molecule has 1 aromatic carbocycles. The van der Waals surface area contributed by atoms with Crippen molar-refractivity contribution in [2.45, 2.75) is 31.0 Å². The van der Waals surface area contributed by atoms with Crippen molar-refractivity contribution in [3.05, 3.63) is 33.9 Å². The second kappa shape index (κ2) is 14.7. The number of benzene rings is 1. The minimum Gasteiger partial charge on any atom is -0.492 e. The number of pyridine rings is 1. The highest BCUT2D eigenvalue weighted by molar-refractivity contribution is 6.38. The van der Waals surface area contributed by atoms with E-state index in [-0.39, 0.29) is 84.9 Å². The zero-order valence-electron chi connectivity index (χ0n) is 22.2. The molecule has 1 aromatic heterocycles. The lowest BCUT2D eigenvalue weighted by molar-refractivity contribution is 0.0693. The van der Waals surface area contributed by atoms with Crippen LogP contribution in [0.25, 0.3) is 10.9 Å². The van der Waals surface area contributed by atoms with Gasteiger partial charge in [-0.25, -0.2) is 17.8 Å². The number of methoxy groups -OCH3 is 1. The Morgan fingerprint density at radius 2 is 1.76 bits per heavy atom. The number of carbonyl (C=O) groups is 1. The van der Waals surface area contributed by atoms with E-state index in [2.05, 4.69) is 9.97 Å². The monoisotopic (exact) mass is 631 g/mol. The number of fused-ring (bicyclic) bond motifs is 1. The Morgan fingerprint density at radius 1 is 1.10 bits per heavy atom. The van der Waals surface area contributed by atoms with Crippen molar-refractivity contribution in [3.8, 4) is 5.75 Å². The van der Waals surface area contributed by atoms with Gasteiger partial charge in [0.2, 0.25) is 5.43 Å². The number of nitrogens with one attached hydrogen (secondary N) is 1. The van der Waals surface area contributed by atoms with E-state index in [1.165, 1.54) is 7.11 Å². The van der Waals surface area contributed by atoms with Gasteiger partial charge in [0.25, 0.3) is 0 Å². The molecule has 3 fully saturated rings. The molecular formula is C24H33BCl2F5N5O4. The van der Waals surface area contributed by atoms with Gasteiger partial charge in [-0.1, -0.05) is 0 Å². The van der Waals surface area contributed by atoms with Crippen LogP contribution in [0.5, 0.6) is 5.75 Å². The lowest BCUT2D eigenvalue weighted by atomic mass is 10.1. The Hall–Kier alpha value is -2.33. The van der Waals surface area contributed by atoms with Crippen LogP contribution < -0.4 is 31.8 Å². The minimum atomic E-state index is -3.39. The number of ether oxygens (including phenoxy) is 1. The fourth-order valence-electron chi connectivity index (χ4n) is 5.03. The quantitative estimate of drug-likeness (QED) is 0.315. The molecule has 0 spiro atoms. The zero-order chi connectivity index (χ0) is 28.4. The van der Waals surface area contributed by atoms with E-state index in [1.54, 1.807) is 9.47 Å². The van der Waals surface area contributed by atoms with Gasteiger partial charge in [-0.05, 0) is 18.9 Å². The summed E-state index contributed by atoms with van der Waals surface area (Å²) in [5.41, 5.74) is 10.2. The molecule has 3 heterocycles. The van der Waals surface area contributed by atoms with Crippen molar-refractivity contribution in [1.82, 2.24) is 9.88 Å². The van der Waals surface area contributed by atoms with Crippen LogP contribution >= 0.6 is 24.8 Å². The van der Waals surface area contributed by atoms with Gasteiger partial charge in [-0.2, -0.15) is 0 Å². The fraction of sp³-hybridized carbons (Fsp3) is 0.583. The molecular weight excluding hydrogens is 599 g/mol. The van der Waals surface area contributed by atoms with Crippen LogP contribution in [-0.4, -0.2) is 76.7 Å². The third-order valence-electron chi connectivity index (χ3n) is 7.35. The average molecular weight is 632 g/mol. The van der Waals surface area contributed by atoms with Gasteiger partial charge in [-0.3, -0.25) is 13.6 Å². The Morgan fingerprint density at radius 3 is 2.22 bits per heavy atom. The highest BCUT2D eigenvalue weighted by atomic mass is 35.5. The normalized spacial score (nSPS) is 23.3. The van der Waals surface area contributed by atoms with Gasteiger partial charge in [-0.15, -0.1) is 24.8 Å². The van der Waals surface area contributed by atoms with Crippen LogP contribution in [0.4, 0.5) is 27.5 Å². The predicted molar refractivity (Wildman–Crippen MR) is 151 cm³/mol. The number of carbonyl (C=O) groups excluding carboxylic acids is 1. The molecule has 41 heavy (non-hydrogen) atoms. The van der Waals surface area contributed by atoms with E-state index < -0.39 is 48.9 Å². The number of hydrogen-bond acceptors (Lipinski definition) is 8. The molecule has 5 N–H and O–H groups in total. The number of nitrogens with zero attached hydrogens (tertiary/aromatic N) is 2. The van der Waals surface area contributed by atoms with Crippen molar-refractivity contribution < 1.29 is 36.0 Å². The van der Waals surface area contributed by atoms with Gasteiger partial charge in [0, 0.05) is 62.3 Å². The highest BCUT2D eigenvalue weighted by Crippen LogP contribution is 2.44. The molecule has 3 aliphatic rings. The van der Waals surface area contributed by atoms with Crippen molar-refractivity contribution in [3.63, 3.8) is 0 Å². The number of alkyl halides is 2. The fourth-order valence-corrected chi connectivity index (χ4v) is 5.03. The Kier molecular flexibility index (Phi) is 12.5. The molecule has 0 unspecified atom stereocenters. The number of rotatable bonds is 7. The number of hydrogen-bond donors (Lipinski definition) is 3. The summed E-state index contributed by atoms with van der Waals surface area (Å²) in [6.45, 7) is 0.945. The minimum absolute atomic E-state index is 0. The number of halogens is 7. The standard InChI is InChI=1S/C19H20BF4N3O4.C5H11FN2.2ClH/c1-30-18-15-11(4-13(22)16(18)26-6-9(5-21)14(25)8-26)17(28)12(19(29)31-20(23)24)7-27(15)10-2-3-10;6-1-4-2-8-3-5(4)7;;/h4,7,9-10,14H,2-3,5-6,8,25H2,1H3;4-5,8H,1-3,7H2;2*1H/t9-,14+;4-,5+;;/m00../s1. The molecule has 0 radical (unpaired) electrons. The first-order chi connectivity index (χ1) is 18.6. The second-order valence-corrected chi connectivity index (χ2v) is 10.0. The summed E-state index contributed by atoms with van der Waals surface area (Å²) >= 11 is 0. The summed E-state index contributed by atoms with van der Waals surface area (Å²) in [5, 5.41) is 2.81. The van der Waals surface area contributed by atoms with Crippen LogP contribution in [0.3, 0.4) is 0 Å². The summed E-state index contributed by atoms with van der Waals surface area (Å²) in [6.07, 6.45) is 2.59. The van der Waals surface area contributed by atoms with E-state index in [0.29, 0.717) is 0 Å². The van der Waals surface area contributed by atoms with Crippen molar-refractivity contribution in [2.24, 2.45) is 23.3 Å². The van der Waals surface area contributed by atoms with Gasteiger partial charge in [0.1, 0.15) is 11.3 Å². The number of anilines is 1. The number of nitrogens with two attached hydrogens (primary N) is 2. The van der Waals surface area contributed by atoms with E-state index in [9.17, 15) is 27.0 Å².